The molecule has 5 nitrogen and oxygen atoms in total. The number of unbranched alkanes of at least 4 members (excludes halogenated alkanes) is 2. The number of amides is 2. The smallest absolute Gasteiger partial charge is 0.313 e. The molecule has 22 heavy (non-hydrogen) atoms. The van der Waals surface area contributed by atoms with Crippen molar-refractivity contribution in [2.24, 2.45) is 0 Å². The van der Waals surface area contributed by atoms with Crippen LogP contribution in [0, 0.1) is 0 Å². The molecule has 116 valence electrons. The van der Waals surface area contributed by atoms with Crippen LogP contribution in [0.5, 0.6) is 0 Å². The van der Waals surface area contributed by atoms with Crippen LogP contribution in [0.3, 0.4) is 0 Å². The van der Waals surface area contributed by atoms with Crippen LogP contribution in [-0.2, 0) is 9.59 Å². The zero-order valence-electron chi connectivity index (χ0n) is 12.3. The molecular weight excluding hydrogens is 280 g/mol. The van der Waals surface area contributed by atoms with Crippen LogP contribution in [0.1, 0.15) is 19.3 Å². The lowest BCUT2D eigenvalue weighted by Gasteiger charge is -2.07. The Hall–Kier alpha value is -2.40. The zero-order chi connectivity index (χ0) is 15.8. The summed E-state index contributed by atoms with van der Waals surface area (Å²) in [6, 6.07) is 13.3. The quantitative estimate of drug-likeness (QED) is 0.564. The van der Waals surface area contributed by atoms with Crippen LogP contribution >= 0.6 is 0 Å². The second-order valence-electron chi connectivity index (χ2n) is 5.06. The zero-order valence-corrected chi connectivity index (χ0v) is 12.3. The summed E-state index contributed by atoms with van der Waals surface area (Å²) in [5.41, 5.74) is 0.596. The van der Waals surface area contributed by atoms with E-state index in [0.29, 0.717) is 18.7 Å². The molecule has 0 saturated heterocycles. The minimum absolute atomic E-state index is 0.149. The largest absolute Gasteiger partial charge is 0.396 e. The van der Waals surface area contributed by atoms with Crippen molar-refractivity contribution in [1.29, 1.82) is 0 Å². The molecule has 5 heteroatoms. The Morgan fingerprint density at radius 3 is 2.45 bits per heavy atom. The normalized spacial score (nSPS) is 10.4. The third-order valence-corrected chi connectivity index (χ3v) is 3.33. The van der Waals surface area contributed by atoms with Gasteiger partial charge in [-0.25, -0.2) is 0 Å². The van der Waals surface area contributed by atoms with Gasteiger partial charge in [0.05, 0.1) is 0 Å². The van der Waals surface area contributed by atoms with E-state index >= 15 is 0 Å². The fourth-order valence-corrected chi connectivity index (χ4v) is 2.15. The fraction of sp³-hybridized carbons (Fsp3) is 0.294. The predicted octanol–water partition coefficient (Wildman–Crippen LogP) is 2.06. The number of hydrogen-bond acceptors (Lipinski definition) is 3. The van der Waals surface area contributed by atoms with E-state index in [9.17, 15) is 9.59 Å². The summed E-state index contributed by atoms with van der Waals surface area (Å²) >= 11 is 0. The Balaban J connectivity index is 1.85. The van der Waals surface area contributed by atoms with Crippen molar-refractivity contribution in [2.75, 3.05) is 18.5 Å². The fourth-order valence-electron chi connectivity index (χ4n) is 2.15. The number of anilines is 1. The number of carbonyl (C=O) groups is 2. The number of fused-ring (bicyclic) bond motifs is 1. The molecular formula is C17H20N2O3. The molecule has 0 aliphatic carbocycles. The average Bonchev–Trinajstić information content (AvgIpc) is 2.54. The first-order chi connectivity index (χ1) is 10.7. The van der Waals surface area contributed by atoms with E-state index in [1.165, 1.54) is 0 Å². The molecule has 0 radical (unpaired) electrons. The second kappa shape index (κ2) is 8.14. The first-order valence-electron chi connectivity index (χ1n) is 7.39. The van der Waals surface area contributed by atoms with Gasteiger partial charge in [-0.3, -0.25) is 9.59 Å². The Kier molecular flexibility index (Phi) is 5.91. The van der Waals surface area contributed by atoms with Crippen LogP contribution in [0.4, 0.5) is 5.69 Å². The molecule has 2 amide bonds. The van der Waals surface area contributed by atoms with Gasteiger partial charge in [-0.1, -0.05) is 30.3 Å². The summed E-state index contributed by atoms with van der Waals surface area (Å²) in [7, 11) is 0. The second-order valence-corrected chi connectivity index (χ2v) is 5.06. The van der Waals surface area contributed by atoms with Crippen LogP contribution in [0.15, 0.2) is 42.5 Å². The number of aliphatic hydroxyl groups is 1. The van der Waals surface area contributed by atoms with Gasteiger partial charge in [0.1, 0.15) is 0 Å². The average molecular weight is 300 g/mol. The number of hydrogen-bond donors (Lipinski definition) is 3. The maximum absolute atomic E-state index is 11.8. The summed E-state index contributed by atoms with van der Waals surface area (Å²) in [5, 5.41) is 15.9. The monoisotopic (exact) mass is 300 g/mol. The highest BCUT2D eigenvalue weighted by Crippen LogP contribution is 2.18. The van der Waals surface area contributed by atoms with Crippen molar-refractivity contribution in [3.05, 3.63) is 42.5 Å². The summed E-state index contributed by atoms with van der Waals surface area (Å²) < 4.78 is 0. The van der Waals surface area contributed by atoms with E-state index in [-0.39, 0.29) is 6.61 Å². The van der Waals surface area contributed by atoms with E-state index in [0.717, 1.165) is 23.6 Å². The molecule has 0 saturated carbocycles. The Morgan fingerprint density at radius 2 is 1.68 bits per heavy atom. The number of benzene rings is 2. The van der Waals surface area contributed by atoms with Gasteiger partial charge >= 0.3 is 11.8 Å². The van der Waals surface area contributed by atoms with Gasteiger partial charge in [0, 0.05) is 18.8 Å². The molecule has 0 aliphatic rings. The maximum Gasteiger partial charge on any atom is 0.313 e. The summed E-state index contributed by atoms with van der Waals surface area (Å²) in [6.45, 7) is 0.584. The van der Waals surface area contributed by atoms with E-state index < -0.39 is 11.8 Å². The lowest BCUT2D eigenvalue weighted by molar-refractivity contribution is -0.136. The minimum Gasteiger partial charge on any atom is -0.396 e. The standard InChI is InChI=1S/C17H20N2O3/c20-11-5-1-4-10-18-16(21)17(22)19-15-9-8-13-6-2-3-7-14(13)12-15/h2-3,6-9,12,20H,1,4-5,10-11H2,(H,18,21)(H,19,22). The van der Waals surface area contributed by atoms with Crippen LogP contribution in [-0.4, -0.2) is 30.1 Å². The number of aliphatic hydroxyl groups excluding tert-OH is 1. The molecule has 0 atom stereocenters. The van der Waals surface area contributed by atoms with Gasteiger partial charge in [-0.2, -0.15) is 0 Å². The first kappa shape index (κ1) is 16.0. The van der Waals surface area contributed by atoms with Crippen molar-refractivity contribution in [2.45, 2.75) is 19.3 Å². The molecule has 3 N–H and O–H groups in total. The predicted molar refractivity (Wildman–Crippen MR) is 86.5 cm³/mol. The van der Waals surface area contributed by atoms with E-state index in [4.69, 9.17) is 5.11 Å². The lowest BCUT2D eigenvalue weighted by Crippen LogP contribution is -2.35. The third kappa shape index (κ3) is 4.56. The van der Waals surface area contributed by atoms with Gasteiger partial charge in [0.25, 0.3) is 0 Å². The summed E-state index contributed by atoms with van der Waals surface area (Å²) in [5.74, 6) is -1.31. The highest BCUT2D eigenvalue weighted by atomic mass is 16.3. The lowest BCUT2D eigenvalue weighted by atomic mass is 10.1. The van der Waals surface area contributed by atoms with Gasteiger partial charge < -0.3 is 15.7 Å². The Labute approximate surface area is 129 Å². The van der Waals surface area contributed by atoms with Crippen molar-refractivity contribution < 1.29 is 14.7 Å². The summed E-state index contributed by atoms with van der Waals surface area (Å²) in [4.78, 5) is 23.5. The van der Waals surface area contributed by atoms with Crippen molar-refractivity contribution >= 4 is 28.3 Å². The minimum atomic E-state index is -0.669. The molecule has 0 fully saturated rings. The SMILES string of the molecule is O=C(NCCCCCO)C(=O)Nc1ccc2ccccc2c1. The molecule has 0 aliphatic heterocycles. The van der Waals surface area contributed by atoms with Gasteiger partial charge in [-0.15, -0.1) is 0 Å². The van der Waals surface area contributed by atoms with Crippen LogP contribution < -0.4 is 10.6 Å². The molecule has 0 aromatic heterocycles. The Bertz CT molecular complexity index is 655. The topological polar surface area (TPSA) is 78.4 Å². The molecule has 0 heterocycles. The Morgan fingerprint density at radius 1 is 0.909 bits per heavy atom. The van der Waals surface area contributed by atoms with Crippen molar-refractivity contribution in [3.8, 4) is 0 Å². The van der Waals surface area contributed by atoms with Crippen molar-refractivity contribution in [1.82, 2.24) is 5.32 Å². The van der Waals surface area contributed by atoms with Gasteiger partial charge in [-0.05, 0) is 42.2 Å². The highest BCUT2D eigenvalue weighted by molar-refractivity contribution is 6.39. The number of carbonyl (C=O) groups excluding carboxylic acids is 2. The molecule has 0 unspecified atom stereocenters. The van der Waals surface area contributed by atoms with Crippen molar-refractivity contribution in [3.63, 3.8) is 0 Å². The number of nitrogens with one attached hydrogen (secondary N) is 2. The highest BCUT2D eigenvalue weighted by Gasteiger charge is 2.12. The van der Waals surface area contributed by atoms with Crippen LogP contribution in [0.25, 0.3) is 10.8 Å². The molecule has 2 rings (SSSR count). The molecule has 2 aromatic carbocycles. The number of rotatable bonds is 6. The van der Waals surface area contributed by atoms with E-state index in [1.54, 1.807) is 6.07 Å². The first-order valence-corrected chi connectivity index (χ1v) is 7.39. The van der Waals surface area contributed by atoms with Crippen LogP contribution in [0.2, 0.25) is 0 Å². The summed E-state index contributed by atoms with van der Waals surface area (Å²) in [6.07, 6.45) is 2.28. The van der Waals surface area contributed by atoms with Gasteiger partial charge in [0.15, 0.2) is 0 Å². The third-order valence-electron chi connectivity index (χ3n) is 3.33. The molecule has 2 aromatic rings. The van der Waals surface area contributed by atoms with Gasteiger partial charge in [0.2, 0.25) is 0 Å². The maximum atomic E-state index is 11.8. The van der Waals surface area contributed by atoms with E-state index in [1.807, 2.05) is 36.4 Å². The molecule has 0 spiro atoms. The molecule has 0 bridgehead atoms. The van der Waals surface area contributed by atoms with E-state index in [2.05, 4.69) is 10.6 Å².